The van der Waals surface area contributed by atoms with Gasteiger partial charge >= 0.3 is 17.1 Å². The summed E-state index contributed by atoms with van der Waals surface area (Å²) < 4.78 is 0.836. The monoisotopic (exact) mass is 294 g/mol. The highest BCUT2D eigenvalue weighted by Gasteiger charge is 2.27. The number of carboxylic acids is 1. The molecule has 0 unspecified atom stereocenters. The summed E-state index contributed by atoms with van der Waals surface area (Å²) in [4.78, 5) is 33.5. The van der Waals surface area contributed by atoms with E-state index in [1.54, 1.807) is 0 Å². The van der Waals surface area contributed by atoms with Crippen LogP contribution in [0.1, 0.15) is 53.9 Å². The third-order valence-corrected chi connectivity index (χ3v) is 4.73. The standard InChI is InChI=1S/C13H14N2O4S/c16-11-12(17)15(11)14-10-9(13(18)19)8(6-20-10)7-4-2-1-3-5-7/h6-7,14H,1-5H2,(H,18,19). The third-order valence-electron chi connectivity index (χ3n) is 3.83. The predicted molar refractivity (Wildman–Crippen MR) is 75.5 cm³/mol. The van der Waals surface area contributed by atoms with Gasteiger partial charge < -0.3 is 5.11 Å². The van der Waals surface area contributed by atoms with Crippen LogP contribution in [0.3, 0.4) is 0 Å². The zero-order valence-electron chi connectivity index (χ0n) is 10.7. The number of carbonyl (C=O) groups is 1. The Kier molecular flexibility index (Phi) is 3.21. The van der Waals surface area contributed by atoms with Gasteiger partial charge in [0.1, 0.15) is 5.00 Å². The Balaban J connectivity index is 1.93. The second-order valence-electron chi connectivity index (χ2n) is 5.09. The van der Waals surface area contributed by atoms with Gasteiger partial charge in [-0.1, -0.05) is 19.3 Å². The summed E-state index contributed by atoms with van der Waals surface area (Å²) in [5.41, 5.74) is 2.36. The highest BCUT2D eigenvalue weighted by molar-refractivity contribution is 7.14. The van der Waals surface area contributed by atoms with Crippen LogP contribution in [0.25, 0.3) is 0 Å². The first-order chi connectivity index (χ1) is 9.59. The van der Waals surface area contributed by atoms with Crippen LogP contribution in [-0.4, -0.2) is 15.8 Å². The molecule has 7 heteroatoms. The molecule has 0 atom stereocenters. The Bertz CT molecular complexity index is 692. The highest BCUT2D eigenvalue weighted by atomic mass is 32.1. The van der Waals surface area contributed by atoms with Crippen LogP contribution in [0.5, 0.6) is 0 Å². The molecule has 20 heavy (non-hydrogen) atoms. The normalized spacial score (nSPS) is 16.6. The number of anilines is 1. The van der Waals surface area contributed by atoms with Gasteiger partial charge in [-0.2, -0.15) is 4.68 Å². The number of aromatic nitrogens is 1. The number of aromatic carboxylic acids is 1. The van der Waals surface area contributed by atoms with Crippen molar-refractivity contribution < 1.29 is 9.90 Å². The lowest BCUT2D eigenvalue weighted by atomic mass is 9.83. The molecule has 1 saturated carbocycles. The molecule has 2 N–H and O–H groups in total. The van der Waals surface area contributed by atoms with E-state index in [-0.39, 0.29) is 11.5 Å². The maximum Gasteiger partial charge on any atom is 0.340 e. The Labute approximate surface area is 118 Å². The fraction of sp³-hybridized carbons (Fsp3) is 0.462. The number of hydrogen-bond acceptors (Lipinski definition) is 5. The average molecular weight is 294 g/mol. The molecule has 0 radical (unpaired) electrons. The molecule has 2 heterocycles. The van der Waals surface area contributed by atoms with Gasteiger partial charge in [-0.05, 0) is 29.7 Å². The second-order valence-corrected chi connectivity index (χ2v) is 5.97. The van der Waals surface area contributed by atoms with Crippen molar-refractivity contribution in [3.63, 3.8) is 0 Å². The molecule has 0 aliphatic heterocycles. The number of carboxylic acid groups (broad SMARTS) is 1. The molecule has 0 spiro atoms. The van der Waals surface area contributed by atoms with Crippen molar-refractivity contribution in [3.8, 4) is 0 Å². The molecule has 0 amide bonds. The van der Waals surface area contributed by atoms with Gasteiger partial charge in [-0.3, -0.25) is 15.0 Å². The maximum atomic E-state index is 11.5. The number of nitrogens with one attached hydrogen (secondary N) is 1. The molecule has 1 fully saturated rings. The first kappa shape index (κ1) is 13.1. The van der Waals surface area contributed by atoms with E-state index < -0.39 is 17.1 Å². The first-order valence-corrected chi connectivity index (χ1v) is 7.47. The Morgan fingerprint density at radius 1 is 1.25 bits per heavy atom. The molecule has 1 aliphatic carbocycles. The number of rotatable bonds is 4. The summed E-state index contributed by atoms with van der Waals surface area (Å²) in [7, 11) is 0. The van der Waals surface area contributed by atoms with Crippen molar-refractivity contribution in [1.82, 2.24) is 4.68 Å². The van der Waals surface area contributed by atoms with Crippen molar-refractivity contribution in [2.45, 2.75) is 38.0 Å². The van der Waals surface area contributed by atoms with Gasteiger partial charge in [-0.25, -0.2) is 4.79 Å². The van der Waals surface area contributed by atoms with E-state index in [1.165, 1.54) is 17.8 Å². The van der Waals surface area contributed by atoms with Crippen molar-refractivity contribution >= 4 is 22.3 Å². The van der Waals surface area contributed by atoms with Crippen molar-refractivity contribution in [1.29, 1.82) is 0 Å². The molecular formula is C13H14N2O4S. The van der Waals surface area contributed by atoms with Crippen molar-refractivity contribution in [2.24, 2.45) is 0 Å². The smallest absolute Gasteiger partial charge is 0.340 e. The van der Waals surface area contributed by atoms with E-state index in [2.05, 4.69) is 5.43 Å². The minimum Gasteiger partial charge on any atom is -0.478 e. The molecule has 1 aliphatic rings. The van der Waals surface area contributed by atoms with Crippen LogP contribution >= 0.6 is 11.3 Å². The van der Waals surface area contributed by atoms with Gasteiger partial charge in [0.15, 0.2) is 0 Å². The Morgan fingerprint density at radius 3 is 2.45 bits per heavy atom. The molecule has 0 aromatic carbocycles. The van der Waals surface area contributed by atoms with Gasteiger partial charge in [0, 0.05) is 0 Å². The zero-order chi connectivity index (χ0) is 14.3. The first-order valence-electron chi connectivity index (χ1n) is 6.59. The van der Waals surface area contributed by atoms with Gasteiger partial charge in [-0.15, -0.1) is 11.3 Å². The summed E-state index contributed by atoms with van der Waals surface area (Å²) in [5.74, 6) is -0.752. The quantitative estimate of drug-likeness (QED) is 0.839. The van der Waals surface area contributed by atoms with Crippen LogP contribution < -0.4 is 16.5 Å². The van der Waals surface area contributed by atoms with Gasteiger partial charge in [0.25, 0.3) is 0 Å². The number of thiophene rings is 1. The topological polar surface area (TPSA) is 88.4 Å². The van der Waals surface area contributed by atoms with E-state index in [4.69, 9.17) is 0 Å². The molecule has 106 valence electrons. The lowest BCUT2D eigenvalue weighted by molar-refractivity contribution is 0.0696. The fourth-order valence-electron chi connectivity index (χ4n) is 2.73. The SMILES string of the molecule is O=C(O)c1c(C2CCCCC2)csc1Nn1c(=O)c1=O. The molecule has 6 nitrogen and oxygen atoms in total. The number of nitrogens with zero attached hydrogens (tertiary/aromatic N) is 1. The van der Waals surface area contributed by atoms with Crippen molar-refractivity contribution in [3.05, 3.63) is 37.2 Å². The molecule has 0 bridgehead atoms. The fourth-order valence-corrected chi connectivity index (χ4v) is 3.75. The van der Waals surface area contributed by atoms with E-state index in [9.17, 15) is 19.5 Å². The Morgan fingerprint density at radius 2 is 1.90 bits per heavy atom. The molecular weight excluding hydrogens is 280 g/mol. The maximum absolute atomic E-state index is 11.5. The largest absolute Gasteiger partial charge is 0.478 e. The highest BCUT2D eigenvalue weighted by Crippen LogP contribution is 2.40. The zero-order valence-corrected chi connectivity index (χ0v) is 11.5. The van der Waals surface area contributed by atoms with E-state index >= 15 is 0 Å². The summed E-state index contributed by atoms with van der Waals surface area (Å²) in [5, 5.41) is 11.6. The predicted octanol–water partition coefficient (Wildman–Crippen LogP) is 1.77. The molecule has 2 aromatic heterocycles. The van der Waals surface area contributed by atoms with Crippen LogP contribution in [0.2, 0.25) is 0 Å². The second kappa shape index (κ2) is 4.90. The van der Waals surface area contributed by atoms with E-state index in [0.717, 1.165) is 35.9 Å². The molecule has 2 aromatic rings. The minimum absolute atomic E-state index is 0.203. The number of hydrogen-bond donors (Lipinski definition) is 2. The summed E-state index contributed by atoms with van der Waals surface area (Å²) in [6, 6.07) is 0. The lowest BCUT2D eigenvalue weighted by Gasteiger charge is -2.21. The van der Waals surface area contributed by atoms with Gasteiger partial charge in [0.05, 0.1) is 5.56 Å². The third kappa shape index (κ3) is 2.18. The van der Waals surface area contributed by atoms with Gasteiger partial charge in [0.2, 0.25) is 0 Å². The Hall–Kier alpha value is -1.89. The lowest BCUT2D eigenvalue weighted by Crippen LogP contribution is -2.13. The van der Waals surface area contributed by atoms with E-state index in [0.29, 0.717) is 5.00 Å². The van der Waals surface area contributed by atoms with E-state index in [1.807, 2.05) is 5.38 Å². The van der Waals surface area contributed by atoms with Crippen LogP contribution in [0, 0.1) is 0 Å². The van der Waals surface area contributed by atoms with Crippen molar-refractivity contribution in [2.75, 3.05) is 5.43 Å². The molecule has 0 saturated heterocycles. The minimum atomic E-state index is -1.02. The van der Waals surface area contributed by atoms with Crippen LogP contribution in [0.4, 0.5) is 5.00 Å². The average Bonchev–Trinajstić information content (AvgIpc) is 2.88. The molecule has 3 rings (SSSR count). The van der Waals surface area contributed by atoms with Crippen LogP contribution in [-0.2, 0) is 0 Å². The summed E-state index contributed by atoms with van der Waals surface area (Å²) in [6.45, 7) is 0. The van der Waals surface area contributed by atoms with Crippen LogP contribution in [0.15, 0.2) is 15.0 Å². The summed E-state index contributed by atoms with van der Waals surface area (Å²) >= 11 is 1.23. The summed E-state index contributed by atoms with van der Waals surface area (Å²) in [6.07, 6.45) is 5.43.